The van der Waals surface area contributed by atoms with Crippen LogP contribution in [0.15, 0.2) is 0 Å². The van der Waals surface area contributed by atoms with E-state index in [1.54, 1.807) is 7.11 Å². The van der Waals surface area contributed by atoms with E-state index in [4.69, 9.17) is 9.84 Å². The standard InChI is InChI=1S/C7H15NO2/c1-8-4-7(10-2)3-6(8)5-9/h6-7,9H,3-5H2,1-2H3/t6-,7+/m1/s1. The first-order valence-electron chi connectivity index (χ1n) is 3.61. The predicted octanol–water partition coefficient (Wildman–Crippen LogP) is -0.302. The number of nitrogens with zero attached hydrogens (tertiary/aromatic N) is 1. The van der Waals surface area contributed by atoms with Crippen molar-refractivity contribution in [3.63, 3.8) is 0 Å². The fraction of sp³-hybridized carbons (Fsp3) is 1.00. The average Bonchev–Trinajstić information content (AvgIpc) is 2.30. The number of likely N-dealkylation sites (tertiary alicyclic amines) is 1. The van der Waals surface area contributed by atoms with E-state index < -0.39 is 0 Å². The maximum absolute atomic E-state index is 8.85. The Morgan fingerprint density at radius 1 is 1.70 bits per heavy atom. The second kappa shape index (κ2) is 3.32. The zero-order valence-corrected chi connectivity index (χ0v) is 6.58. The summed E-state index contributed by atoms with van der Waals surface area (Å²) in [5.41, 5.74) is 0. The van der Waals surface area contributed by atoms with Crippen molar-refractivity contribution in [2.24, 2.45) is 0 Å². The fourth-order valence-electron chi connectivity index (χ4n) is 1.41. The third kappa shape index (κ3) is 1.48. The maximum Gasteiger partial charge on any atom is 0.0714 e. The smallest absolute Gasteiger partial charge is 0.0714 e. The Kier molecular flexibility index (Phi) is 2.65. The molecule has 1 fully saturated rings. The van der Waals surface area contributed by atoms with E-state index >= 15 is 0 Å². The molecule has 1 aliphatic rings. The van der Waals surface area contributed by atoms with E-state index in [9.17, 15) is 0 Å². The highest BCUT2D eigenvalue weighted by molar-refractivity contribution is 4.82. The first-order valence-corrected chi connectivity index (χ1v) is 3.61. The molecule has 3 heteroatoms. The molecule has 0 radical (unpaired) electrons. The summed E-state index contributed by atoms with van der Waals surface area (Å²) in [4.78, 5) is 2.13. The minimum absolute atomic E-state index is 0.246. The Morgan fingerprint density at radius 2 is 2.40 bits per heavy atom. The minimum Gasteiger partial charge on any atom is -0.395 e. The molecule has 1 N–H and O–H groups in total. The zero-order chi connectivity index (χ0) is 7.56. The van der Waals surface area contributed by atoms with E-state index in [2.05, 4.69) is 4.90 Å². The van der Waals surface area contributed by atoms with Gasteiger partial charge in [0, 0.05) is 19.7 Å². The van der Waals surface area contributed by atoms with Gasteiger partial charge in [0.1, 0.15) is 0 Å². The summed E-state index contributed by atoms with van der Waals surface area (Å²) in [6.45, 7) is 1.19. The molecule has 0 aliphatic carbocycles. The molecule has 2 atom stereocenters. The van der Waals surface area contributed by atoms with Crippen molar-refractivity contribution < 1.29 is 9.84 Å². The normalized spacial score (nSPS) is 35.1. The predicted molar refractivity (Wildman–Crippen MR) is 38.9 cm³/mol. The number of hydrogen-bond acceptors (Lipinski definition) is 3. The van der Waals surface area contributed by atoms with E-state index in [-0.39, 0.29) is 6.61 Å². The third-order valence-electron chi connectivity index (χ3n) is 2.19. The molecule has 3 nitrogen and oxygen atoms in total. The lowest BCUT2D eigenvalue weighted by Crippen LogP contribution is -2.28. The molecular formula is C7H15NO2. The van der Waals surface area contributed by atoms with Crippen LogP contribution >= 0.6 is 0 Å². The lowest BCUT2D eigenvalue weighted by atomic mass is 10.2. The van der Waals surface area contributed by atoms with Crippen molar-refractivity contribution in [2.45, 2.75) is 18.6 Å². The van der Waals surface area contributed by atoms with Crippen LogP contribution in [0.25, 0.3) is 0 Å². The van der Waals surface area contributed by atoms with Gasteiger partial charge in [0.05, 0.1) is 12.7 Å². The molecule has 10 heavy (non-hydrogen) atoms. The molecule has 1 aliphatic heterocycles. The van der Waals surface area contributed by atoms with Gasteiger partial charge in [-0.15, -0.1) is 0 Å². The van der Waals surface area contributed by atoms with Gasteiger partial charge in [0.25, 0.3) is 0 Å². The summed E-state index contributed by atoms with van der Waals surface area (Å²) in [7, 11) is 3.73. The molecule has 0 unspecified atom stereocenters. The number of rotatable bonds is 2. The van der Waals surface area contributed by atoms with Crippen molar-refractivity contribution in [2.75, 3.05) is 27.3 Å². The molecule has 0 aromatic carbocycles. The summed E-state index contributed by atoms with van der Waals surface area (Å²) in [6.07, 6.45) is 1.28. The largest absolute Gasteiger partial charge is 0.395 e. The van der Waals surface area contributed by atoms with Crippen LogP contribution in [0.2, 0.25) is 0 Å². The Balaban J connectivity index is 2.36. The quantitative estimate of drug-likeness (QED) is 0.579. The van der Waals surface area contributed by atoms with Gasteiger partial charge < -0.3 is 9.84 Å². The van der Waals surface area contributed by atoms with Crippen molar-refractivity contribution >= 4 is 0 Å². The van der Waals surface area contributed by atoms with Gasteiger partial charge in [0.15, 0.2) is 0 Å². The molecule has 0 aromatic heterocycles. The molecule has 60 valence electrons. The Labute approximate surface area is 61.6 Å². The van der Waals surface area contributed by atoms with Crippen LogP contribution in [-0.4, -0.2) is 49.5 Å². The lowest BCUT2D eigenvalue weighted by Gasteiger charge is -2.14. The van der Waals surface area contributed by atoms with E-state index in [1.807, 2.05) is 7.05 Å². The van der Waals surface area contributed by atoms with Crippen LogP contribution in [0.5, 0.6) is 0 Å². The van der Waals surface area contributed by atoms with Gasteiger partial charge in [0.2, 0.25) is 0 Å². The maximum atomic E-state index is 8.85. The van der Waals surface area contributed by atoms with Crippen molar-refractivity contribution in [1.82, 2.24) is 4.90 Å². The summed E-state index contributed by atoms with van der Waals surface area (Å²) in [5, 5.41) is 8.85. The molecule has 1 saturated heterocycles. The number of ether oxygens (including phenoxy) is 1. The van der Waals surface area contributed by atoms with Crippen molar-refractivity contribution in [3.8, 4) is 0 Å². The number of hydrogen-bond donors (Lipinski definition) is 1. The third-order valence-corrected chi connectivity index (χ3v) is 2.19. The molecule has 1 heterocycles. The van der Waals surface area contributed by atoms with Crippen LogP contribution in [0.4, 0.5) is 0 Å². The monoisotopic (exact) mass is 145 g/mol. The van der Waals surface area contributed by atoms with Gasteiger partial charge in [-0.2, -0.15) is 0 Å². The van der Waals surface area contributed by atoms with E-state index in [1.165, 1.54) is 0 Å². The Hall–Kier alpha value is -0.120. The average molecular weight is 145 g/mol. The van der Waals surface area contributed by atoms with Crippen LogP contribution in [0.3, 0.4) is 0 Å². The summed E-state index contributed by atoms with van der Waals surface area (Å²) < 4.78 is 5.16. The molecule has 1 rings (SSSR count). The van der Waals surface area contributed by atoms with Crippen LogP contribution < -0.4 is 0 Å². The van der Waals surface area contributed by atoms with Gasteiger partial charge in [-0.3, -0.25) is 4.90 Å². The molecule has 0 amide bonds. The first-order chi connectivity index (χ1) is 4.77. The first kappa shape index (κ1) is 7.98. The molecule has 0 aromatic rings. The van der Waals surface area contributed by atoms with Crippen molar-refractivity contribution in [1.29, 1.82) is 0 Å². The summed E-state index contributed by atoms with van der Waals surface area (Å²) in [5.74, 6) is 0. The second-order valence-electron chi connectivity index (χ2n) is 2.87. The van der Waals surface area contributed by atoms with E-state index in [0.29, 0.717) is 12.1 Å². The molecule has 0 bridgehead atoms. The van der Waals surface area contributed by atoms with Gasteiger partial charge >= 0.3 is 0 Å². The summed E-state index contributed by atoms with van der Waals surface area (Å²) >= 11 is 0. The fourth-order valence-corrected chi connectivity index (χ4v) is 1.41. The number of aliphatic hydroxyl groups excluding tert-OH is 1. The van der Waals surface area contributed by atoms with Gasteiger partial charge in [-0.25, -0.2) is 0 Å². The minimum atomic E-state index is 0.246. The number of likely N-dealkylation sites (N-methyl/N-ethyl adjacent to an activating group) is 1. The van der Waals surface area contributed by atoms with Crippen molar-refractivity contribution in [3.05, 3.63) is 0 Å². The number of aliphatic hydroxyl groups is 1. The van der Waals surface area contributed by atoms with Crippen LogP contribution in [0, 0.1) is 0 Å². The SMILES string of the molecule is CO[C@H]1C[C@H](CO)N(C)C1. The zero-order valence-electron chi connectivity index (χ0n) is 6.58. The van der Waals surface area contributed by atoms with E-state index in [0.717, 1.165) is 13.0 Å². The van der Waals surface area contributed by atoms with Crippen LogP contribution in [0.1, 0.15) is 6.42 Å². The van der Waals surface area contributed by atoms with Crippen LogP contribution in [-0.2, 0) is 4.74 Å². The topological polar surface area (TPSA) is 32.7 Å². The lowest BCUT2D eigenvalue weighted by molar-refractivity contribution is 0.111. The van der Waals surface area contributed by atoms with Gasteiger partial charge in [-0.05, 0) is 13.5 Å². The molecule has 0 saturated carbocycles. The Morgan fingerprint density at radius 3 is 2.70 bits per heavy atom. The highest BCUT2D eigenvalue weighted by atomic mass is 16.5. The Bertz CT molecular complexity index is 108. The highest BCUT2D eigenvalue weighted by Gasteiger charge is 2.28. The second-order valence-corrected chi connectivity index (χ2v) is 2.87. The van der Waals surface area contributed by atoms with Gasteiger partial charge in [-0.1, -0.05) is 0 Å². The molecular weight excluding hydrogens is 130 g/mol. The number of methoxy groups -OCH3 is 1. The molecule has 0 spiro atoms. The highest BCUT2D eigenvalue weighted by Crippen LogP contribution is 2.16. The summed E-state index contributed by atoms with van der Waals surface area (Å²) in [6, 6.07) is 0.310.